The average Bonchev–Trinajstić information content (AvgIpc) is 3.68. The van der Waals surface area contributed by atoms with Gasteiger partial charge in [-0.1, -0.05) is 19.6 Å². The first-order chi connectivity index (χ1) is 17.9. The molecule has 0 unspecified atom stereocenters. The lowest BCUT2D eigenvalue weighted by Gasteiger charge is -2.10. The summed E-state index contributed by atoms with van der Waals surface area (Å²) in [5.41, 5.74) is -0.587. The van der Waals surface area contributed by atoms with Crippen LogP contribution < -0.4 is 18.9 Å². The first-order valence-corrected chi connectivity index (χ1v) is 14.3. The molecule has 2 aliphatic heterocycles. The van der Waals surface area contributed by atoms with Crippen LogP contribution in [0.25, 0.3) is 0 Å². The number of hydrogen-bond acceptors (Lipinski definition) is 8. The summed E-state index contributed by atoms with van der Waals surface area (Å²) >= 11 is 5.51. The van der Waals surface area contributed by atoms with Crippen LogP contribution in [0.15, 0.2) is 36.4 Å². The molecule has 0 bridgehead atoms. The number of aliphatic carboxylic acids is 1. The van der Waals surface area contributed by atoms with Gasteiger partial charge in [-0.15, -0.1) is 17.6 Å². The molecule has 4 aliphatic rings. The van der Waals surface area contributed by atoms with E-state index in [9.17, 15) is 27.2 Å². The van der Waals surface area contributed by atoms with E-state index in [1.54, 1.807) is 6.07 Å². The third-order valence-corrected chi connectivity index (χ3v) is 6.56. The highest BCUT2D eigenvalue weighted by molar-refractivity contribution is 8.31. The second-order valence-corrected chi connectivity index (χ2v) is 12.8. The molecule has 0 radical (unpaired) electrons. The van der Waals surface area contributed by atoms with Crippen LogP contribution in [0.5, 0.6) is 23.0 Å². The molecule has 40 heavy (non-hydrogen) atoms. The zero-order valence-electron chi connectivity index (χ0n) is 19.1. The van der Waals surface area contributed by atoms with E-state index in [4.69, 9.17) is 25.1 Å². The Labute approximate surface area is 238 Å². The number of carboxylic acid groups (broad SMARTS) is 1. The van der Waals surface area contributed by atoms with Crippen molar-refractivity contribution in [3.8, 4) is 23.0 Å². The summed E-state index contributed by atoms with van der Waals surface area (Å²) in [6.45, 7) is 0. The third kappa shape index (κ3) is 6.96. The second kappa shape index (κ2) is 10.6. The molecule has 2 aromatic carbocycles. The second-order valence-electron chi connectivity index (χ2n) is 8.78. The van der Waals surface area contributed by atoms with Crippen molar-refractivity contribution < 1.29 is 59.6 Å². The van der Waals surface area contributed by atoms with E-state index in [0.29, 0.717) is 36.8 Å². The highest BCUT2D eigenvalue weighted by Gasteiger charge is 2.53. The predicted molar refractivity (Wildman–Crippen MR) is 133 cm³/mol. The number of fused-ring (bicyclic) bond motifs is 2. The van der Waals surface area contributed by atoms with E-state index < -0.39 is 42.9 Å². The summed E-state index contributed by atoms with van der Waals surface area (Å²) in [6.07, 6.45) is -5.02. The van der Waals surface area contributed by atoms with Gasteiger partial charge in [0.1, 0.15) is 0 Å². The molecule has 0 saturated heterocycles. The number of halogens is 7. The maximum Gasteiger partial charge on any atom is 0.586 e. The van der Waals surface area contributed by atoms with Gasteiger partial charge in [0.15, 0.2) is 23.0 Å². The van der Waals surface area contributed by atoms with Gasteiger partial charge in [-0.25, -0.2) is 0 Å². The predicted octanol–water partition coefficient (Wildman–Crippen LogP) is 6.27. The zero-order chi connectivity index (χ0) is 29.0. The minimum atomic E-state index is -3.72. The monoisotopic (exact) mass is 652 g/mol. The maximum absolute atomic E-state index is 12.8. The molecule has 17 heteroatoms. The summed E-state index contributed by atoms with van der Waals surface area (Å²) < 4.78 is 86.6. The van der Waals surface area contributed by atoms with Gasteiger partial charge in [0.2, 0.25) is 5.24 Å². The van der Waals surface area contributed by atoms with Crippen molar-refractivity contribution in [3.63, 3.8) is 0 Å². The van der Waals surface area contributed by atoms with Crippen LogP contribution in [0.3, 0.4) is 0 Å². The van der Waals surface area contributed by atoms with Crippen molar-refractivity contribution in [1.82, 2.24) is 0 Å². The number of benzene rings is 2. The molecule has 6 rings (SSSR count). The van der Waals surface area contributed by atoms with Crippen LogP contribution in [-0.2, 0) is 28.7 Å². The van der Waals surface area contributed by atoms with Crippen molar-refractivity contribution in [1.29, 1.82) is 0 Å². The number of alkyl halides is 4. The van der Waals surface area contributed by atoms with E-state index in [0.717, 1.165) is 0 Å². The molecule has 0 spiro atoms. The number of rotatable bonds is 4. The van der Waals surface area contributed by atoms with Crippen molar-refractivity contribution in [2.45, 2.75) is 56.5 Å². The van der Waals surface area contributed by atoms with Gasteiger partial charge >= 0.3 is 26.8 Å². The first kappa shape index (κ1) is 31.8. The minimum Gasteiger partial charge on any atom is -0.481 e. The normalized spacial score (nSPS) is 20.4. The minimum absolute atomic E-state index is 0. The Hall–Kier alpha value is -2.68. The molecular formula is C23H19Cl3F4O9S. The van der Waals surface area contributed by atoms with Crippen molar-refractivity contribution in [2.24, 2.45) is 0 Å². The van der Waals surface area contributed by atoms with Crippen LogP contribution in [0, 0.1) is 0 Å². The fourth-order valence-electron chi connectivity index (χ4n) is 3.97. The largest absolute Gasteiger partial charge is 0.586 e. The molecule has 2 aromatic rings. The quantitative estimate of drug-likeness (QED) is 0.300. The van der Waals surface area contributed by atoms with Crippen molar-refractivity contribution in [2.75, 3.05) is 0 Å². The van der Waals surface area contributed by atoms with Gasteiger partial charge < -0.3 is 24.1 Å². The molecule has 2 heterocycles. The zero-order valence-corrected chi connectivity index (χ0v) is 22.1. The Morgan fingerprint density at radius 1 is 0.725 bits per heavy atom. The Bertz CT molecular complexity index is 1340. The Kier molecular flexibility index (Phi) is 8.45. The van der Waals surface area contributed by atoms with Gasteiger partial charge in [-0.2, -0.15) is 8.42 Å². The van der Waals surface area contributed by atoms with Gasteiger partial charge in [0.05, 0.1) is 10.8 Å². The molecule has 2 fully saturated rings. The van der Waals surface area contributed by atoms with Crippen LogP contribution >= 0.6 is 33.0 Å². The summed E-state index contributed by atoms with van der Waals surface area (Å²) in [6, 6.07) is 8.45. The number of hydrogen-bond donors (Lipinski definition) is 1. The van der Waals surface area contributed by atoms with E-state index >= 15 is 0 Å². The fraction of sp³-hybridized carbons (Fsp3) is 0.391. The van der Waals surface area contributed by atoms with Crippen LogP contribution in [-0.4, -0.2) is 37.3 Å². The molecular weight excluding hydrogens is 635 g/mol. The van der Waals surface area contributed by atoms with Gasteiger partial charge in [-0.3, -0.25) is 9.59 Å². The lowest BCUT2D eigenvalue weighted by Crippen LogP contribution is -2.26. The van der Waals surface area contributed by atoms with E-state index in [2.05, 4.69) is 40.3 Å². The number of carbonyl (C=O) groups excluding carboxylic acids is 1. The molecule has 2 aliphatic carbocycles. The molecule has 1 N–H and O–H groups in total. The highest BCUT2D eigenvalue weighted by atomic mass is 36.0. The number of carbonyl (C=O) groups is 2. The average molecular weight is 654 g/mol. The summed E-state index contributed by atoms with van der Waals surface area (Å²) in [4.78, 5) is 22.4. The smallest absolute Gasteiger partial charge is 0.481 e. The fourth-order valence-corrected chi connectivity index (χ4v) is 4.27. The molecule has 0 atom stereocenters. The Morgan fingerprint density at radius 3 is 1.35 bits per heavy atom. The highest BCUT2D eigenvalue weighted by Crippen LogP contribution is 2.53. The van der Waals surface area contributed by atoms with Crippen molar-refractivity contribution >= 4 is 52.4 Å². The van der Waals surface area contributed by atoms with Crippen LogP contribution in [0.1, 0.15) is 44.2 Å². The SMILES string of the molecule is C.O=C(Cl)C1(c2ccc3c(c2)OC(F)(F)O3)CC1.O=C(O)C1(c2ccc3c(c2)OC(F)(F)O3)CC1.O=S(=O)(Cl)Cl. The first-order valence-electron chi connectivity index (χ1n) is 10.7. The van der Waals surface area contributed by atoms with E-state index in [-0.39, 0.29) is 30.4 Å². The number of ether oxygens (including phenoxy) is 4. The van der Waals surface area contributed by atoms with Crippen molar-refractivity contribution in [3.05, 3.63) is 47.5 Å². The maximum atomic E-state index is 12.8. The van der Waals surface area contributed by atoms with Crippen LogP contribution in [0.2, 0.25) is 0 Å². The standard InChI is InChI=1S/C11H7ClF2O3.C11H8F2O4.CH4.Cl2O2S/c12-9(15)10(3-4-10)6-1-2-7-8(5-6)17-11(13,14)16-7;12-11(13)16-7-2-1-6(5-8(7)17-11)10(3-4-10)9(14)15;;1-5(2,3)4/h1-2,5H,3-4H2;1-2,5H,3-4H2,(H,14,15);1H4;. The lowest BCUT2D eigenvalue weighted by atomic mass is 9.96. The Balaban J connectivity index is 0.000000185. The molecule has 0 amide bonds. The molecule has 0 aromatic heterocycles. The van der Waals surface area contributed by atoms with E-state index in [1.807, 2.05) is 0 Å². The summed E-state index contributed by atoms with van der Waals surface area (Å²) in [7, 11) is 4.81. The molecule has 2 saturated carbocycles. The third-order valence-electron chi connectivity index (χ3n) is 6.19. The topological polar surface area (TPSA) is 125 Å². The number of carboxylic acids is 1. The van der Waals surface area contributed by atoms with Gasteiger partial charge in [-0.05, 0) is 72.7 Å². The molecule has 9 nitrogen and oxygen atoms in total. The van der Waals surface area contributed by atoms with Crippen LogP contribution in [0.4, 0.5) is 17.6 Å². The molecule has 220 valence electrons. The van der Waals surface area contributed by atoms with Gasteiger partial charge in [0.25, 0.3) is 0 Å². The lowest BCUT2D eigenvalue weighted by molar-refractivity contribution is -0.287. The summed E-state index contributed by atoms with van der Waals surface area (Å²) in [5, 5.41) is 8.62. The van der Waals surface area contributed by atoms with Gasteiger partial charge in [0, 0.05) is 21.4 Å². The summed E-state index contributed by atoms with van der Waals surface area (Å²) in [5.74, 6) is -1.21. The Morgan fingerprint density at radius 2 is 1.05 bits per heavy atom. The van der Waals surface area contributed by atoms with E-state index in [1.165, 1.54) is 30.3 Å².